The molecule has 0 saturated carbocycles. The molecule has 0 spiro atoms. The highest BCUT2D eigenvalue weighted by molar-refractivity contribution is 5.28. The first kappa shape index (κ1) is 11.0. The Balaban J connectivity index is 2.50. The van der Waals surface area contributed by atoms with E-state index in [1.807, 2.05) is 18.2 Å². The Bertz CT molecular complexity index is 240. The average molecular weight is 195 g/mol. The van der Waals surface area contributed by atoms with E-state index in [4.69, 9.17) is 15.2 Å². The average Bonchev–Trinajstić information content (AvgIpc) is 2.24. The zero-order valence-electron chi connectivity index (χ0n) is 8.53. The van der Waals surface area contributed by atoms with Crippen LogP contribution < -0.4 is 10.5 Å². The van der Waals surface area contributed by atoms with Crippen LogP contribution >= 0.6 is 0 Å². The molecule has 2 N–H and O–H groups in total. The lowest BCUT2D eigenvalue weighted by atomic mass is 10.1. The molecule has 0 unspecified atom stereocenters. The molecular weight excluding hydrogens is 178 g/mol. The lowest BCUT2D eigenvalue weighted by Crippen LogP contribution is -2.10. The van der Waals surface area contributed by atoms with Crippen molar-refractivity contribution in [3.63, 3.8) is 0 Å². The zero-order valence-corrected chi connectivity index (χ0v) is 8.53. The molecule has 1 aromatic carbocycles. The smallest absolute Gasteiger partial charge is 0.119 e. The summed E-state index contributed by atoms with van der Waals surface area (Å²) in [5.41, 5.74) is 6.57. The third-order valence-electron chi connectivity index (χ3n) is 1.88. The number of ether oxygens (including phenoxy) is 2. The number of hydrogen-bond acceptors (Lipinski definition) is 3. The molecule has 1 rings (SSSR count). The van der Waals surface area contributed by atoms with Gasteiger partial charge in [0.2, 0.25) is 0 Å². The highest BCUT2D eigenvalue weighted by Gasteiger charge is 1.96. The van der Waals surface area contributed by atoms with Gasteiger partial charge in [-0.05, 0) is 24.1 Å². The summed E-state index contributed by atoms with van der Waals surface area (Å²) in [5, 5.41) is 0. The molecule has 14 heavy (non-hydrogen) atoms. The third kappa shape index (κ3) is 3.77. The molecule has 1 aromatic rings. The van der Waals surface area contributed by atoms with Crippen molar-refractivity contribution >= 4 is 0 Å². The van der Waals surface area contributed by atoms with Crippen LogP contribution in [0.3, 0.4) is 0 Å². The number of methoxy groups -OCH3 is 1. The molecule has 78 valence electrons. The summed E-state index contributed by atoms with van der Waals surface area (Å²) in [4.78, 5) is 0. The van der Waals surface area contributed by atoms with Crippen molar-refractivity contribution in [3.8, 4) is 5.75 Å². The van der Waals surface area contributed by atoms with Gasteiger partial charge in [-0.3, -0.25) is 0 Å². The maximum absolute atomic E-state index is 5.41. The lowest BCUT2D eigenvalue weighted by molar-refractivity contribution is 0.202. The fraction of sp³-hybridized carbons (Fsp3) is 0.455. The van der Waals surface area contributed by atoms with E-state index in [2.05, 4.69) is 6.07 Å². The summed E-state index contributed by atoms with van der Waals surface area (Å²) in [5.74, 6) is 0.879. The largest absolute Gasteiger partial charge is 0.492 e. The Hall–Kier alpha value is -1.06. The summed E-state index contributed by atoms with van der Waals surface area (Å²) in [6.07, 6.45) is 0.913. The molecule has 0 saturated heterocycles. The van der Waals surface area contributed by atoms with E-state index in [9.17, 15) is 0 Å². The van der Waals surface area contributed by atoms with Crippen LogP contribution in [0.4, 0.5) is 0 Å². The summed E-state index contributed by atoms with van der Waals surface area (Å²) >= 11 is 0. The molecule has 3 heteroatoms. The second-order valence-electron chi connectivity index (χ2n) is 3.03. The molecule has 0 fully saturated rings. The molecule has 0 radical (unpaired) electrons. The molecule has 0 amide bonds. The third-order valence-corrected chi connectivity index (χ3v) is 1.88. The van der Waals surface area contributed by atoms with Crippen LogP contribution in [-0.4, -0.2) is 26.9 Å². The zero-order chi connectivity index (χ0) is 10.2. The van der Waals surface area contributed by atoms with Crippen molar-refractivity contribution in [2.75, 3.05) is 26.9 Å². The second kappa shape index (κ2) is 6.40. The van der Waals surface area contributed by atoms with Gasteiger partial charge in [0, 0.05) is 13.7 Å². The lowest BCUT2D eigenvalue weighted by Gasteiger charge is -2.06. The van der Waals surface area contributed by atoms with Gasteiger partial charge in [0.05, 0.1) is 6.61 Å². The van der Waals surface area contributed by atoms with E-state index in [1.165, 1.54) is 5.56 Å². The Morgan fingerprint density at radius 3 is 2.86 bits per heavy atom. The first-order valence-corrected chi connectivity index (χ1v) is 4.77. The van der Waals surface area contributed by atoms with Crippen LogP contribution in [0.25, 0.3) is 0 Å². The van der Waals surface area contributed by atoms with Crippen molar-refractivity contribution in [2.45, 2.75) is 6.42 Å². The van der Waals surface area contributed by atoms with Crippen LogP contribution in [0.15, 0.2) is 24.3 Å². The highest BCUT2D eigenvalue weighted by atomic mass is 16.5. The van der Waals surface area contributed by atoms with Crippen molar-refractivity contribution in [1.29, 1.82) is 0 Å². The highest BCUT2D eigenvalue weighted by Crippen LogP contribution is 2.13. The SMILES string of the molecule is COCCc1cccc(OCCN)c1. The van der Waals surface area contributed by atoms with E-state index < -0.39 is 0 Å². The first-order valence-electron chi connectivity index (χ1n) is 4.77. The van der Waals surface area contributed by atoms with Crippen molar-refractivity contribution in [1.82, 2.24) is 0 Å². The van der Waals surface area contributed by atoms with Crippen LogP contribution in [0.1, 0.15) is 5.56 Å². The number of benzene rings is 1. The summed E-state index contributed by atoms with van der Waals surface area (Å²) in [7, 11) is 1.70. The Labute approximate surface area is 84.8 Å². The maximum atomic E-state index is 5.41. The van der Waals surface area contributed by atoms with E-state index in [1.54, 1.807) is 7.11 Å². The Morgan fingerprint density at radius 1 is 1.29 bits per heavy atom. The summed E-state index contributed by atoms with van der Waals surface area (Å²) in [6, 6.07) is 8.01. The molecule has 3 nitrogen and oxygen atoms in total. The predicted molar refractivity (Wildman–Crippen MR) is 56.6 cm³/mol. The molecule has 0 aliphatic carbocycles. The monoisotopic (exact) mass is 195 g/mol. The Kier molecular flexibility index (Phi) is 5.04. The molecule has 0 bridgehead atoms. The van der Waals surface area contributed by atoms with Gasteiger partial charge in [-0.2, -0.15) is 0 Å². The van der Waals surface area contributed by atoms with Gasteiger partial charge in [-0.1, -0.05) is 12.1 Å². The van der Waals surface area contributed by atoms with Gasteiger partial charge in [0.1, 0.15) is 12.4 Å². The van der Waals surface area contributed by atoms with E-state index in [-0.39, 0.29) is 0 Å². The molecule has 0 heterocycles. The van der Waals surface area contributed by atoms with Crippen LogP contribution in [0, 0.1) is 0 Å². The van der Waals surface area contributed by atoms with Crippen molar-refractivity contribution < 1.29 is 9.47 Å². The van der Waals surface area contributed by atoms with Gasteiger partial charge in [0.25, 0.3) is 0 Å². The van der Waals surface area contributed by atoms with Gasteiger partial charge >= 0.3 is 0 Å². The van der Waals surface area contributed by atoms with E-state index >= 15 is 0 Å². The van der Waals surface area contributed by atoms with Gasteiger partial charge < -0.3 is 15.2 Å². The standard InChI is InChI=1S/C11H17NO2/c1-13-7-5-10-3-2-4-11(9-10)14-8-6-12/h2-4,9H,5-8,12H2,1H3. The van der Waals surface area contributed by atoms with Crippen LogP contribution in [-0.2, 0) is 11.2 Å². The van der Waals surface area contributed by atoms with Crippen LogP contribution in [0.2, 0.25) is 0 Å². The fourth-order valence-corrected chi connectivity index (χ4v) is 1.19. The quantitative estimate of drug-likeness (QED) is 0.742. The van der Waals surface area contributed by atoms with E-state index in [0.29, 0.717) is 13.2 Å². The minimum Gasteiger partial charge on any atom is -0.492 e. The molecular formula is C11H17NO2. The molecule has 0 aliphatic rings. The normalized spacial score (nSPS) is 10.1. The number of nitrogens with two attached hydrogens (primary N) is 1. The number of hydrogen-bond donors (Lipinski definition) is 1. The van der Waals surface area contributed by atoms with Crippen molar-refractivity contribution in [3.05, 3.63) is 29.8 Å². The van der Waals surface area contributed by atoms with Gasteiger partial charge in [0.15, 0.2) is 0 Å². The second-order valence-corrected chi connectivity index (χ2v) is 3.03. The topological polar surface area (TPSA) is 44.5 Å². The predicted octanol–water partition coefficient (Wildman–Crippen LogP) is 1.21. The summed E-state index contributed by atoms with van der Waals surface area (Å²) < 4.78 is 10.4. The fourth-order valence-electron chi connectivity index (χ4n) is 1.19. The molecule has 0 aliphatic heterocycles. The Morgan fingerprint density at radius 2 is 2.14 bits per heavy atom. The maximum Gasteiger partial charge on any atom is 0.119 e. The minimum atomic E-state index is 0.544. The van der Waals surface area contributed by atoms with Crippen LogP contribution in [0.5, 0.6) is 5.75 Å². The summed E-state index contributed by atoms with van der Waals surface area (Å²) in [6.45, 7) is 1.84. The minimum absolute atomic E-state index is 0.544. The van der Waals surface area contributed by atoms with Crippen molar-refractivity contribution in [2.24, 2.45) is 5.73 Å². The van der Waals surface area contributed by atoms with Gasteiger partial charge in [-0.15, -0.1) is 0 Å². The van der Waals surface area contributed by atoms with E-state index in [0.717, 1.165) is 18.8 Å². The number of rotatable bonds is 6. The first-order chi connectivity index (χ1) is 6.86. The molecule has 0 aromatic heterocycles. The van der Waals surface area contributed by atoms with Gasteiger partial charge in [-0.25, -0.2) is 0 Å². The molecule has 0 atom stereocenters.